The van der Waals surface area contributed by atoms with Crippen LogP contribution in [0.1, 0.15) is 48.3 Å². The highest BCUT2D eigenvalue weighted by molar-refractivity contribution is 5.88. The summed E-state index contributed by atoms with van der Waals surface area (Å²) in [5, 5.41) is 13.8. The van der Waals surface area contributed by atoms with Crippen molar-refractivity contribution in [3.8, 4) is 28.3 Å². The van der Waals surface area contributed by atoms with Crippen molar-refractivity contribution in [1.29, 1.82) is 0 Å². The van der Waals surface area contributed by atoms with Gasteiger partial charge >= 0.3 is 5.97 Å². The molecule has 0 saturated heterocycles. The first kappa shape index (κ1) is 19.6. The van der Waals surface area contributed by atoms with Gasteiger partial charge in [-0.15, -0.1) is 0 Å². The van der Waals surface area contributed by atoms with Gasteiger partial charge in [-0.05, 0) is 29.5 Å². The lowest BCUT2D eigenvalue weighted by molar-refractivity contribution is 0.0693. The molecule has 4 heterocycles. The molecule has 1 N–H and O–H groups in total. The monoisotopic (exact) mass is 419 g/mol. The van der Waals surface area contributed by atoms with Crippen molar-refractivity contribution in [2.24, 2.45) is 12.5 Å². The standard InChI is InChI=1S/C24H25N3O4/c1-24(2,3)21-10-14-13-6-8-31-22(13)16(18-5-7-25-26(18)4)9-15(14)19-11-20(28)17(23(29)30)12-27(19)21/h5,7,9,11-12,21H,6,8,10H2,1-4H3,(H,29,30)/t21-/m0/s1. The molecule has 1 aromatic carbocycles. The summed E-state index contributed by atoms with van der Waals surface area (Å²) in [7, 11) is 1.89. The first-order valence-corrected chi connectivity index (χ1v) is 10.5. The highest BCUT2D eigenvalue weighted by atomic mass is 16.5. The van der Waals surface area contributed by atoms with Gasteiger partial charge in [0.2, 0.25) is 0 Å². The molecule has 0 aliphatic carbocycles. The van der Waals surface area contributed by atoms with E-state index in [1.165, 1.54) is 23.4 Å². The van der Waals surface area contributed by atoms with E-state index in [0.29, 0.717) is 6.61 Å². The summed E-state index contributed by atoms with van der Waals surface area (Å²) in [5.41, 5.74) is 5.19. The fourth-order valence-corrected chi connectivity index (χ4v) is 4.93. The molecule has 1 atom stereocenters. The predicted octanol–water partition coefficient (Wildman–Crippen LogP) is 3.69. The summed E-state index contributed by atoms with van der Waals surface area (Å²) in [6.07, 6.45) is 4.85. The molecule has 0 amide bonds. The van der Waals surface area contributed by atoms with Gasteiger partial charge in [-0.2, -0.15) is 5.10 Å². The number of hydrogen-bond acceptors (Lipinski definition) is 4. The fourth-order valence-electron chi connectivity index (χ4n) is 4.93. The Bertz CT molecular complexity index is 1290. The van der Waals surface area contributed by atoms with Crippen LogP contribution in [0.15, 0.2) is 35.4 Å². The molecule has 2 aliphatic heterocycles. The number of hydrogen-bond donors (Lipinski definition) is 1. The summed E-state index contributed by atoms with van der Waals surface area (Å²) in [6, 6.07) is 5.52. The number of ether oxygens (including phenoxy) is 1. The maximum Gasteiger partial charge on any atom is 0.341 e. The highest BCUT2D eigenvalue weighted by Gasteiger charge is 2.37. The molecule has 3 aromatic rings. The highest BCUT2D eigenvalue weighted by Crippen LogP contribution is 2.49. The molecule has 0 spiro atoms. The lowest BCUT2D eigenvalue weighted by Gasteiger charge is -2.39. The molecule has 7 heteroatoms. The van der Waals surface area contributed by atoms with Crippen LogP contribution in [0.5, 0.6) is 5.75 Å². The number of carboxylic acids is 1. The minimum atomic E-state index is -1.20. The second-order valence-corrected chi connectivity index (χ2v) is 9.43. The quantitative estimate of drug-likeness (QED) is 0.685. The lowest BCUT2D eigenvalue weighted by atomic mass is 9.76. The van der Waals surface area contributed by atoms with E-state index in [1.807, 2.05) is 22.4 Å². The van der Waals surface area contributed by atoms with Crippen molar-refractivity contribution in [3.63, 3.8) is 0 Å². The Labute approximate surface area is 179 Å². The van der Waals surface area contributed by atoms with Gasteiger partial charge in [0.25, 0.3) is 0 Å². The van der Waals surface area contributed by atoms with Crippen molar-refractivity contribution in [2.75, 3.05) is 6.61 Å². The van der Waals surface area contributed by atoms with E-state index in [2.05, 4.69) is 31.9 Å². The Morgan fingerprint density at radius 3 is 2.61 bits per heavy atom. The van der Waals surface area contributed by atoms with Crippen LogP contribution in [-0.2, 0) is 19.9 Å². The van der Waals surface area contributed by atoms with Gasteiger partial charge in [-0.3, -0.25) is 9.48 Å². The average molecular weight is 419 g/mol. The van der Waals surface area contributed by atoms with Crippen LogP contribution in [0, 0.1) is 5.41 Å². The minimum absolute atomic E-state index is 0.0148. The second-order valence-electron chi connectivity index (χ2n) is 9.43. The number of aryl methyl sites for hydroxylation is 1. The molecular weight excluding hydrogens is 394 g/mol. The number of carboxylic acid groups (broad SMARTS) is 1. The summed E-state index contributed by atoms with van der Waals surface area (Å²) in [6.45, 7) is 7.06. The van der Waals surface area contributed by atoms with Gasteiger partial charge in [-0.1, -0.05) is 20.8 Å². The van der Waals surface area contributed by atoms with Gasteiger partial charge in [0.05, 0.1) is 18.0 Å². The van der Waals surface area contributed by atoms with E-state index in [-0.39, 0.29) is 17.0 Å². The normalized spacial score (nSPS) is 17.0. The number of aromatic nitrogens is 3. The van der Waals surface area contributed by atoms with E-state index < -0.39 is 11.4 Å². The van der Waals surface area contributed by atoms with Crippen LogP contribution in [-0.4, -0.2) is 32.0 Å². The van der Waals surface area contributed by atoms with E-state index in [0.717, 1.165) is 41.1 Å². The minimum Gasteiger partial charge on any atom is -0.492 e. The van der Waals surface area contributed by atoms with Crippen LogP contribution in [0.25, 0.3) is 22.5 Å². The first-order valence-electron chi connectivity index (χ1n) is 10.5. The predicted molar refractivity (Wildman–Crippen MR) is 117 cm³/mol. The maximum atomic E-state index is 12.7. The SMILES string of the molecule is Cn1nccc1-c1cc2c(c3c1OCC3)C[C@@H](C(C)(C)C)n1cc(C(=O)O)c(=O)cc1-2. The third-order valence-corrected chi connectivity index (χ3v) is 6.51. The Morgan fingerprint density at radius 2 is 1.97 bits per heavy atom. The molecule has 0 unspecified atom stereocenters. The average Bonchev–Trinajstić information content (AvgIpc) is 3.34. The Kier molecular flexibility index (Phi) is 4.16. The number of nitrogens with zero attached hydrogens (tertiary/aromatic N) is 3. The molecule has 2 aromatic heterocycles. The number of benzene rings is 1. The van der Waals surface area contributed by atoms with Gasteiger partial charge in [-0.25, -0.2) is 4.79 Å². The van der Waals surface area contributed by atoms with Crippen molar-refractivity contribution in [2.45, 2.75) is 39.7 Å². The molecule has 31 heavy (non-hydrogen) atoms. The Morgan fingerprint density at radius 1 is 1.19 bits per heavy atom. The van der Waals surface area contributed by atoms with E-state index >= 15 is 0 Å². The molecule has 0 fully saturated rings. The second kappa shape index (κ2) is 6.57. The van der Waals surface area contributed by atoms with Crippen LogP contribution in [0.2, 0.25) is 0 Å². The molecule has 0 bridgehead atoms. The van der Waals surface area contributed by atoms with E-state index in [1.54, 1.807) is 6.20 Å². The topological polar surface area (TPSA) is 86.3 Å². The molecule has 7 nitrogen and oxygen atoms in total. The summed E-state index contributed by atoms with van der Waals surface area (Å²) in [5.74, 6) is -0.301. The zero-order valence-corrected chi connectivity index (χ0v) is 18.1. The number of rotatable bonds is 2. The maximum absolute atomic E-state index is 12.7. The fraction of sp³-hybridized carbons (Fsp3) is 0.375. The third-order valence-electron chi connectivity index (χ3n) is 6.51. The van der Waals surface area contributed by atoms with E-state index in [9.17, 15) is 14.7 Å². The molecule has 160 valence electrons. The summed E-state index contributed by atoms with van der Waals surface area (Å²) in [4.78, 5) is 24.3. The number of carbonyl (C=O) groups is 1. The molecular formula is C24H25N3O4. The van der Waals surface area contributed by atoms with Gasteiger partial charge in [0.1, 0.15) is 11.3 Å². The lowest BCUT2D eigenvalue weighted by Crippen LogP contribution is -2.33. The third kappa shape index (κ3) is 2.91. The number of pyridine rings is 1. The van der Waals surface area contributed by atoms with Crippen molar-refractivity contribution >= 4 is 5.97 Å². The van der Waals surface area contributed by atoms with Gasteiger partial charge < -0.3 is 14.4 Å². The molecule has 0 saturated carbocycles. The summed E-state index contributed by atoms with van der Waals surface area (Å²) >= 11 is 0. The van der Waals surface area contributed by atoms with Gasteiger partial charge in [0, 0.05) is 54.7 Å². The van der Waals surface area contributed by atoms with Gasteiger partial charge in [0.15, 0.2) is 5.43 Å². The zero-order valence-electron chi connectivity index (χ0n) is 18.1. The Hall–Kier alpha value is -3.35. The first-order chi connectivity index (χ1) is 14.7. The van der Waals surface area contributed by atoms with Crippen LogP contribution >= 0.6 is 0 Å². The van der Waals surface area contributed by atoms with Crippen molar-refractivity contribution < 1.29 is 14.6 Å². The van der Waals surface area contributed by atoms with Crippen LogP contribution < -0.4 is 10.2 Å². The number of aromatic carboxylic acids is 1. The molecule has 5 rings (SSSR count). The Balaban J connectivity index is 1.85. The van der Waals surface area contributed by atoms with Crippen LogP contribution in [0.4, 0.5) is 0 Å². The zero-order chi connectivity index (χ0) is 22.1. The number of fused-ring (bicyclic) bond motifs is 5. The van der Waals surface area contributed by atoms with Crippen molar-refractivity contribution in [1.82, 2.24) is 14.3 Å². The van der Waals surface area contributed by atoms with Crippen molar-refractivity contribution in [3.05, 3.63) is 57.5 Å². The summed E-state index contributed by atoms with van der Waals surface area (Å²) < 4.78 is 9.87. The molecule has 0 radical (unpaired) electrons. The molecule has 2 aliphatic rings. The largest absolute Gasteiger partial charge is 0.492 e. The smallest absolute Gasteiger partial charge is 0.341 e. The van der Waals surface area contributed by atoms with E-state index in [4.69, 9.17) is 4.74 Å². The van der Waals surface area contributed by atoms with Crippen LogP contribution in [0.3, 0.4) is 0 Å².